The summed E-state index contributed by atoms with van der Waals surface area (Å²) < 4.78 is 9.58. The number of anilines is 3. The van der Waals surface area contributed by atoms with Crippen molar-refractivity contribution < 1.29 is 17.2 Å². The summed E-state index contributed by atoms with van der Waals surface area (Å²) in [6.45, 7) is 2.32. The second-order valence-corrected chi connectivity index (χ2v) is 35.2. The van der Waals surface area contributed by atoms with Crippen molar-refractivity contribution >= 4 is 57.1 Å². The SMILES string of the molecule is C=I1([I-]CCC)c2ccccc2-c2cc(N(c3ccccc3)c3ccc(-c4ccc5c(-c6ccccc6)c6ccccc6c(-c6ccccc6)c5c4)cc3)ccc21. The summed E-state index contributed by atoms with van der Waals surface area (Å²) >= 11 is -2.47. The Hall–Kier alpha value is -5.37. The molecule has 1 aliphatic heterocycles. The van der Waals surface area contributed by atoms with Gasteiger partial charge in [-0.05, 0) is 38.4 Å². The summed E-state index contributed by atoms with van der Waals surface area (Å²) in [5.41, 5.74) is 13.7. The molecule has 1 aliphatic rings. The van der Waals surface area contributed by atoms with Gasteiger partial charge in [0.1, 0.15) is 0 Å². The molecule has 0 bridgehead atoms. The summed E-state index contributed by atoms with van der Waals surface area (Å²) in [7, 11) is 0. The molecule has 3 heteroatoms. The normalized spacial score (nSPS) is 15.6. The van der Waals surface area contributed by atoms with Crippen molar-refractivity contribution in [3.8, 4) is 44.5 Å². The Morgan fingerprint density at radius 2 is 0.930 bits per heavy atom. The second kappa shape index (κ2) is 15.2. The van der Waals surface area contributed by atoms with E-state index in [1.54, 1.807) is 7.14 Å². The fourth-order valence-electron chi connectivity index (χ4n) is 8.49. The summed E-state index contributed by atoms with van der Waals surface area (Å²) in [4.78, 5) is 2.41. The van der Waals surface area contributed by atoms with Gasteiger partial charge in [0.05, 0.1) is 0 Å². The molecule has 278 valence electrons. The number of nitrogens with zero attached hydrogens (tertiary/aromatic N) is 1. The Morgan fingerprint density at radius 1 is 0.421 bits per heavy atom. The predicted octanol–water partition coefficient (Wildman–Crippen LogP) is 12.4. The first-order valence-corrected chi connectivity index (χ1v) is 31.1. The first-order valence-electron chi connectivity index (χ1n) is 19.6. The van der Waals surface area contributed by atoms with Gasteiger partial charge in [0.15, 0.2) is 0 Å². The van der Waals surface area contributed by atoms with E-state index in [-0.39, 0.29) is 17.2 Å². The van der Waals surface area contributed by atoms with Crippen molar-refractivity contribution in [1.82, 2.24) is 0 Å². The molecule has 0 N–H and O–H groups in total. The molecule has 0 saturated heterocycles. The second-order valence-electron chi connectivity index (χ2n) is 14.5. The van der Waals surface area contributed by atoms with Gasteiger partial charge in [-0.15, -0.1) is 0 Å². The van der Waals surface area contributed by atoms with Gasteiger partial charge in [0.2, 0.25) is 0 Å². The topological polar surface area (TPSA) is 3.24 Å². The van der Waals surface area contributed by atoms with E-state index >= 15 is 0 Å². The van der Waals surface area contributed by atoms with Crippen molar-refractivity contribution in [2.24, 2.45) is 0 Å². The summed E-state index contributed by atoms with van der Waals surface area (Å²) in [6.07, 6.45) is 1.25. The molecule has 9 aromatic rings. The molecule has 57 heavy (non-hydrogen) atoms. The fraction of sp³-hybridized carbons (Fsp3) is 0.0556. The van der Waals surface area contributed by atoms with Gasteiger partial charge in [-0.25, -0.2) is 0 Å². The van der Waals surface area contributed by atoms with E-state index in [4.69, 9.17) is 4.51 Å². The van der Waals surface area contributed by atoms with Gasteiger partial charge >= 0.3 is 226 Å². The fourth-order valence-corrected chi connectivity index (χ4v) is 31.5. The molecule has 0 aliphatic carbocycles. The van der Waals surface area contributed by atoms with Crippen LogP contribution in [-0.4, -0.2) is 8.94 Å². The predicted molar refractivity (Wildman–Crippen MR) is 252 cm³/mol. The van der Waals surface area contributed by atoms with Crippen molar-refractivity contribution in [2.75, 3.05) is 9.33 Å². The molecule has 0 fully saturated rings. The summed E-state index contributed by atoms with van der Waals surface area (Å²) in [5.74, 6) is 0. The van der Waals surface area contributed by atoms with Gasteiger partial charge in [-0.1, -0.05) is 84.9 Å². The molecule has 0 saturated carbocycles. The molecule has 10 rings (SSSR count). The van der Waals surface area contributed by atoms with E-state index in [1.165, 1.54) is 82.6 Å². The molecule has 9 aromatic carbocycles. The van der Waals surface area contributed by atoms with Gasteiger partial charge < -0.3 is 0 Å². The van der Waals surface area contributed by atoms with Gasteiger partial charge in [0, 0.05) is 0 Å². The van der Waals surface area contributed by atoms with Crippen LogP contribution in [0.25, 0.3) is 66.1 Å². The number of para-hydroxylation sites is 1. The van der Waals surface area contributed by atoms with Crippen LogP contribution >= 0.6 is 14.0 Å². The van der Waals surface area contributed by atoms with Crippen molar-refractivity contribution in [1.29, 1.82) is 0 Å². The third kappa shape index (κ3) is 6.32. The van der Waals surface area contributed by atoms with E-state index in [0.717, 1.165) is 11.4 Å². The van der Waals surface area contributed by atoms with Crippen molar-refractivity contribution in [2.45, 2.75) is 13.3 Å². The Kier molecular flexibility index (Phi) is 9.59. The zero-order chi connectivity index (χ0) is 38.3. The molecule has 0 amide bonds. The Morgan fingerprint density at radius 3 is 1.60 bits per heavy atom. The molecule has 1 unspecified atom stereocenters. The van der Waals surface area contributed by atoms with E-state index in [0.29, 0.717) is 0 Å². The molecule has 1 nitrogen and oxygen atoms in total. The number of hydrogen-bond donors (Lipinski definition) is 0. The summed E-state index contributed by atoms with van der Waals surface area (Å²) in [6, 6.07) is 74.1. The Bertz CT molecular complexity index is 2950. The molecule has 0 radical (unpaired) electrons. The van der Waals surface area contributed by atoms with E-state index < -0.39 is 14.0 Å². The summed E-state index contributed by atoms with van der Waals surface area (Å²) in [5, 5.41) is 5.07. The van der Waals surface area contributed by atoms with Crippen molar-refractivity contribution in [3.05, 3.63) is 207 Å². The monoisotopic (exact) mass is 958 g/mol. The number of benzene rings is 9. The number of alkyl halides is 1. The average Bonchev–Trinajstić information content (AvgIpc) is 3.53. The van der Waals surface area contributed by atoms with Crippen LogP contribution in [0.3, 0.4) is 0 Å². The van der Waals surface area contributed by atoms with Crippen molar-refractivity contribution in [3.63, 3.8) is 0 Å². The van der Waals surface area contributed by atoms with E-state index in [2.05, 4.69) is 212 Å². The van der Waals surface area contributed by atoms with Crippen LogP contribution in [0, 0.1) is 7.14 Å². The molecule has 0 aromatic heterocycles. The van der Waals surface area contributed by atoms with Crippen LogP contribution in [-0.2, 0) is 0 Å². The molecule has 0 spiro atoms. The minimum absolute atomic E-state index is 0.0230. The van der Waals surface area contributed by atoms with E-state index in [9.17, 15) is 0 Å². The maximum absolute atomic E-state index is 5.11. The van der Waals surface area contributed by atoms with Crippen LogP contribution in [0.15, 0.2) is 200 Å². The van der Waals surface area contributed by atoms with Crippen LogP contribution in [0.1, 0.15) is 13.3 Å². The van der Waals surface area contributed by atoms with Crippen LogP contribution in [0.4, 0.5) is 17.1 Å². The van der Waals surface area contributed by atoms with Gasteiger partial charge in [-0.2, -0.15) is 0 Å². The standard InChI is InChI=1S/C54H42I2N/c1-3-35-55-56(2)51-26-16-15-23-45(51)49-37-44(32-34-52(49)56)57(42-21-11-6-12-22-42)43-30-27-38(28-31-43)41-29-33-48-50(36-41)54(40-19-9-5-10-20-40)47-25-14-13-24-46(47)53(48)39-17-7-4-8-18-39/h4-34,36-37H,2-3,35H2,1H3/q-1. The number of halogens is 2. The molecule has 1 heterocycles. The van der Waals surface area contributed by atoms with Crippen LogP contribution < -0.4 is 22.1 Å². The molecule has 1 atom stereocenters. The Balaban J connectivity index is 1.10. The number of rotatable bonds is 9. The van der Waals surface area contributed by atoms with Crippen LogP contribution in [0.5, 0.6) is 0 Å². The minimum atomic E-state index is -2.50. The maximum atomic E-state index is 5.11. The quantitative estimate of drug-likeness (QED) is 0.0792. The number of fused-ring (bicyclic) bond motifs is 5. The zero-order valence-electron chi connectivity index (χ0n) is 31.9. The third-order valence-electron chi connectivity index (χ3n) is 11.1. The first-order chi connectivity index (χ1) is 28.1. The van der Waals surface area contributed by atoms with E-state index in [1.807, 2.05) is 0 Å². The molecular weight excluding hydrogens is 916 g/mol. The zero-order valence-corrected chi connectivity index (χ0v) is 36.2. The first kappa shape index (κ1) is 36.0. The third-order valence-corrected chi connectivity index (χ3v) is 34.3. The number of hydrogen-bond acceptors (Lipinski definition) is 1. The Labute approximate surface area is 346 Å². The van der Waals surface area contributed by atoms with Gasteiger partial charge in [-0.3, -0.25) is 0 Å². The van der Waals surface area contributed by atoms with Crippen LogP contribution in [0.2, 0.25) is 0 Å². The van der Waals surface area contributed by atoms with Gasteiger partial charge in [0.25, 0.3) is 0 Å². The average molecular weight is 959 g/mol. The molecular formula is C54H42I2N-.